The Morgan fingerprint density at radius 2 is 2.06 bits per heavy atom. The highest BCUT2D eigenvalue weighted by Crippen LogP contribution is 2.16. The summed E-state index contributed by atoms with van der Waals surface area (Å²) < 4.78 is 11.2. The second-order valence-corrected chi connectivity index (χ2v) is 6.42. The fourth-order valence-corrected chi connectivity index (χ4v) is 1.97. The van der Waals surface area contributed by atoms with Gasteiger partial charge in [-0.2, -0.15) is 0 Å². The van der Waals surface area contributed by atoms with Gasteiger partial charge in [0.25, 0.3) is 0 Å². The van der Waals surface area contributed by atoms with Crippen LogP contribution in [0.25, 0.3) is 0 Å². The Labute approximate surface area is 105 Å². The second kappa shape index (κ2) is 5.65. The fourth-order valence-electron chi connectivity index (χ4n) is 1.97. The minimum Gasteiger partial charge on any atom is -0.389 e. The molecule has 1 rings (SSSR count). The van der Waals surface area contributed by atoms with Gasteiger partial charge < -0.3 is 14.6 Å². The largest absolute Gasteiger partial charge is 0.389 e. The maximum atomic E-state index is 9.93. The van der Waals surface area contributed by atoms with Gasteiger partial charge in [0.2, 0.25) is 0 Å². The first-order valence-electron chi connectivity index (χ1n) is 6.36. The molecule has 4 heteroatoms. The summed E-state index contributed by atoms with van der Waals surface area (Å²) >= 11 is 0. The molecule has 0 saturated carbocycles. The highest BCUT2D eigenvalue weighted by molar-refractivity contribution is 4.80. The maximum Gasteiger partial charge on any atom is 0.0900 e. The lowest BCUT2D eigenvalue weighted by atomic mass is 10.1. The first-order valence-corrected chi connectivity index (χ1v) is 6.36. The summed E-state index contributed by atoms with van der Waals surface area (Å²) in [6.45, 7) is 13.7. The number of ether oxygens (including phenoxy) is 2. The number of β-amino-alcohol motifs (C(OH)–C–C–N with tert-alkyl or cyclic N) is 1. The summed E-state index contributed by atoms with van der Waals surface area (Å²) in [5.41, 5.74) is -0.298. The van der Waals surface area contributed by atoms with Gasteiger partial charge in [0.1, 0.15) is 0 Å². The van der Waals surface area contributed by atoms with Crippen LogP contribution in [0, 0.1) is 0 Å². The lowest BCUT2D eigenvalue weighted by molar-refractivity contribution is -0.104. The molecule has 1 saturated heterocycles. The minimum absolute atomic E-state index is 0.108. The Hall–Kier alpha value is -0.160. The van der Waals surface area contributed by atoms with E-state index in [0.29, 0.717) is 13.2 Å². The molecule has 102 valence electrons. The second-order valence-electron chi connectivity index (χ2n) is 6.42. The van der Waals surface area contributed by atoms with Crippen molar-refractivity contribution in [2.24, 2.45) is 0 Å². The van der Waals surface area contributed by atoms with Crippen LogP contribution in [0.1, 0.15) is 34.6 Å². The molecule has 1 atom stereocenters. The number of aliphatic hydroxyl groups excluding tert-OH is 1. The van der Waals surface area contributed by atoms with Crippen LogP contribution in [0.5, 0.6) is 0 Å². The van der Waals surface area contributed by atoms with Crippen LogP contribution in [0.3, 0.4) is 0 Å². The monoisotopic (exact) mass is 245 g/mol. The molecule has 0 aliphatic carbocycles. The van der Waals surface area contributed by atoms with Crippen LogP contribution in [0.4, 0.5) is 0 Å². The first-order chi connectivity index (χ1) is 7.68. The summed E-state index contributed by atoms with van der Waals surface area (Å²) in [7, 11) is 0. The smallest absolute Gasteiger partial charge is 0.0900 e. The number of hydrogen-bond acceptors (Lipinski definition) is 4. The van der Waals surface area contributed by atoms with Gasteiger partial charge in [0, 0.05) is 19.6 Å². The number of aliphatic hydroxyl groups is 1. The van der Waals surface area contributed by atoms with E-state index in [-0.39, 0.29) is 11.2 Å². The molecule has 0 radical (unpaired) electrons. The zero-order valence-electron chi connectivity index (χ0n) is 11.8. The van der Waals surface area contributed by atoms with Crippen LogP contribution in [-0.2, 0) is 9.47 Å². The number of morpholine rings is 1. The number of hydrogen-bond donors (Lipinski definition) is 1. The van der Waals surface area contributed by atoms with Crippen LogP contribution in [-0.4, -0.2) is 60.2 Å². The lowest BCUT2D eigenvalue weighted by Crippen LogP contribution is -2.51. The van der Waals surface area contributed by atoms with Crippen molar-refractivity contribution in [1.29, 1.82) is 0 Å². The standard InChI is InChI=1S/C13H27NO3/c1-12(2,3)17-9-11(15)8-14-6-7-16-13(4,5)10-14/h11,15H,6-10H2,1-5H3. The van der Waals surface area contributed by atoms with E-state index in [4.69, 9.17) is 9.47 Å². The van der Waals surface area contributed by atoms with Gasteiger partial charge in [-0.3, -0.25) is 4.90 Å². The Bertz CT molecular complexity index is 235. The number of rotatable bonds is 4. The zero-order valence-corrected chi connectivity index (χ0v) is 11.8. The molecule has 17 heavy (non-hydrogen) atoms. The summed E-state index contributed by atoms with van der Waals surface area (Å²) in [5, 5.41) is 9.93. The third-order valence-corrected chi connectivity index (χ3v) is 2.68. The summed E-state index contributed by atoms with van der Waals surface area (Å²) in [6.07, 6.45) is -0.428. The van der Waals surface area contributed by atoms with Gasteiger partial charge in [-0.15, -0.1) is 0 Å². The lowest BCUT2D eigenvalue weighted by Gasteiger charge is -2.39. The molecule has 0 aromatic heterocycles. The van der Waals surface area contributed by atoms with Crippen molar-refractivity contribution in [1.82, 2.24) is 4.90 Å². The molecule has 0 aromatic rings. The highest BCUT2D eigenvalue weighted by atomic mass is 16.5. The molecular formula is C13H27NO3. The third kappa shape index (κ3) is 6.36. The fraction of sp³-hybridized carbons (Fsp3) is 1.00. The van der Waals surface area contributed by atoms with Gasteiger partial charge >= 0.3 is 0 Å². The van der Waals surface area contributed by atoms with E-state index in [0.717, 1.165) is 19.7 Å². The summed E-state index contributed by atoms with van der Waals surface area (Å²) in [6, 6.07) is 0. The van der Waals surface area contributed by atoms with Crippen molar-refractivity contribution in [2.45, 2.75) is 51.9 Å². The van der Waals surface area contributed by atoms with E-state index >= 15 is 0 Å². The number of nitrogens with zero attached hydrogens (tertiary/aromatic N) is 1. The molecule has 1 heterocycles. The Morgan fingerprint density at radius 3 is 2.59 bits per heavy atom. The van der Waals surface area contributed by atoms with Crippen molar-refractivity contribution in [3.8, 4) is 0 Å². The average molecular weight is 245 g/mol. The van der Waals surface area contributed by atoms with Crippen LogP contribution >= 0.6 is 0 Å². The van der Waals surface area contributed by atoms with Crippen molar-refractivity contribution in [3.05, 3.63) is 0 Å². The van der Waals surface area contributed by atoms with E-state index in [1.54, 1.807) is 0 Å². The Balaban J connectivity index is 2.28. The van der Waals surface area contributed by atoms with E-state index in [2.05, 4.69) is 18.7 Å². The molecule has 4 nitrogen and oxygen atoms in total. The maximum absolute atomic E-state index is 9.93. The predicted octanol–water partition coefficient (Wildman–Crippen LogP) is 1.27. The molecule has 1 aliphatic heterocycles. The zero-order chi connectivity index (χ0) is 13.1. The Morgan fingerprint density at radius 1 is 1.41 bits per heavy atom. The topological polar surface area (TPSA) is 41.9 Å². The van der Waals surface area contributed by atoms with E-state index in [9.17, 15) is 5.11 Å². The van der Waals surface area contributed by atoms with Crippen LogP contribution < -0.4 is 0 Å². The van der Waals surface area contributed by atoms with Gasteiger partial charge in [0.15, 0.2) is 0 Å². The molecule has 0 bridgehead atoms. The van der Waals surface area contributed by atoms with Crippen molar-refractivity contribution < 1.29 is 14.6 Å². The average Bonchev–Trinajstić information content (AvgIpc) is 2.12. The van der Waals surface area contributed by atoms with Crippen LogP contribution in [0.2, 0.25) is 0 Å². The van der Waals surface area contributed by atoms with E-state index in [1.165, 1.54) is 0 Å². The quantitative estimate of drug-likeness (QED) is 0.810. The van der Waals surface area contributed by atoms with Gasteiger partial charge in [-0.25, -0.2) is 0 Å². The molecule has 1 unspecified atom stereocenters. The molecule has 1 N–H and O–H groups in total. The van der Waals surface area contributed by atoms with Gasteiger partial charge in [-0.1, -0.05) is 0 Å². The van der Waals surface area contributed by atoms with Gasteiger partial charge in [0.05, 0.1) is 30.5 Å². The SMILES string of the molecule is CC(C)(C)OCC(O)CN1CCOC(C)(C)C1. The molecule has 0 amide bonds. The molecule has 0 aromatic carbocycles. The summed E-state index contributed by atoms with van der Waals surface area (Å²) in [5.74, 6) is 0. The van der Waals surface area contributed by atoms with Crippen molar-refractivity contribution in [2.75, 3.05) is 32.8 Å². The highest BCUT2D eigenvalue weighted by Gasteiger charge is 2.28. The summed E-state index contributed by atoms with van der Waals surface area (Å²) in [4.78, 5) is 2.24. The van der Waals surface area contributed by atoms with Crippen LogP contribution in [0.15, 0.2) is 0 Å². The molecule has 0 spiro atoms. The first kappa shape index (κ1) is 14.9. The van der Waals surface area contributed by atoms with Gasteiger partial charge in [-0.05, 0) is 34.6 Å². The van der Waals surface area contributed by atoms with E-state index in [1.807, 2.05) is 20.8 Å². The normalized spacial score (nSPS) is 23.6. The molecule has 1 aliphatic rings. The predicted molar refractivity (Wildman–Crippen MR) is 68.2 cm³/mol. The molecular weight excluding hydrogens is 218 g/mol. The van der Waals surface area contributed by atoms with Crippen molar-refractivity contribution >= 4 is 0 Å². The van der Waals surface area contributed by atoms with E-state index < -0.39 is 6.10 Å². The third-order valence-electron chi connectivity index (χ3n) is 2.68. The Kier molecular flexibility index (Phi) is 4.95. The molecule has 1 fully saturated rings. The van der Waals surface area contributed by atoms with Crippen molar-refractivity contribution in [3.63, 3.8) is 0 Å². The minimum atomic E-state index is -0.428.